The zero-order valence-electron chi connectivity index (χ0n) is 29.5. The average molecular weight is 641 g/mol. The highest BCUT2D eigenvalue weighted by Gasteiger charge is 2.81. The average Bonchev–Trinajstić information content (AvgIpc) is 3.51. The second kappa shape index (κ2) is 10.3. The SMILES string of the molecule is CO[C@@H]1C[C@@H]2[C@H](CC[C@]3(C)[C@H]([C@@H](CO[Si](C)(C)C(C)(C)C)O[Si](C)(C)C(C)(C)C)C(O)OC(O)[C@]23O)[C@@]2(C)CC[C@@H]3C[C@]312. The van der Waals surface area contributed by atoms with Crippen molar-refractivity contribution in [3.8, 4) is 0 Å². The van der Waals surface area contributed by atoms with E-state index in [-0.39, 0.29) is 38.8 Å². The van der Waals surface area contributed by atoms with Crippen LogP contribution in [0.1, 0.15) is 93.9 Å². The van der Waals surface area contributed by atoms with Gasteiger partial charge < -0.3 is 33.6 Å². The Morgan fingerprint density at radius 3 is 2.00 bits per heavy atom. The van der Waals surface area contributed by atoms with E-state index >= 15 is 0 Å². The van der Waals surface area contributed by atoms with Gasteiger partial charge in [-0.15, -0.1) is 0 Å². The number of aliphatic hydroxyl groups excluding tert-OH is 2. The Kier molecular flexibility index (Phi) is 8.28. The van der Waals surface area contributed by atoms with Crippen molar-refractivity contribution >= 4 is 16.6 Å². The van der Waals surface area contributed by atoms with Gasteiger partial charge in [-0.2, -0.15) is 0 Å². The molecule has 43 heavy (non-hydrogen) atoms. The molecule has 0 aromatic heterocycles. The summed E-state index contributed by atoms with van der Waals surface area (Å²) >= 11 is 0. The number of rotatable bonds is 7. The van der Waals surface area contributed by atoms with Crippen LogP contribution >= 0.6 is 0 Å². The maximum Gasteiger partial charge on any atom is 0.192 e. The van der Waals surface area contributed by atoms with Gasteiger partial charge in [0.2, 0.25) is 0 Å². The van der Waals surface area contributed by atoms with Crippen molar-refractivity contribution in [2.24, 2.45) is 39.9 Å². The molecule has 4 saturated carbocycles. The number of aliphatic hydroxyl groups is 3. The van der Waals surface area contributed by atoms with Crippen molar-refractivity contribution in [2.75, 3.05) is 13.7 Å². The highest BCUT2D eigenvalue weighted by atomic mass is 28.4. The van der Waals surface area contributed by atoms with Crippen LogP contribution in [-0.4, -0.2) is 76.1 Å². The Bertz CT molecular complexity index is 1070. The molecule has 7 nitrogen and oxygen atoms in total. The molecule has 1 spiro atoms. The molecule has 5 fully saturated rings. The van der Waals surface area contributed by atoms with E-state index in [0.717, 1.165) is 12.8 Å². The molecule has 3 N–H and O–H groups in total. The molecule has 0 bridgehead atoms. The predicted molar refractivity (Wildman–Crippen MR) is 174 cm³/mol. The molecule has 12 atom stereocenters. The van der Waals surface area contributed by atoms with Crippen molar-refractivity contribution in [2.45, 2.75) is 161 Å². The van der Waals surface area contributed by atoms with E-state index in [1.54, 1.807) is 0 Å². The molecule has 2 unspecified atom stereocenters. The minimum absolute atomic E-state index is 0.0136. The maximum absolute atomic E-state index is 13.1. The topological polar surface area (TPSA) is 97.6 Å². The van der Waals surface area contributed by atoms with Crippen LogP contribution in [0, 0.1) is 39.9 Å². The number of methoxy groups -OCH3 is 1. The summed E-state index contributed by atoms with van der Waals surface area (Å²) < 4.78 is 26.3. The molecule has 1 heterocycles. The fraction of sp³-hybridized carbons (Fsp3) is 1.00. The summed E-state index contributed by atoms with van der Waals surface area (Å²) in [6.45, 7) is 27.2. The van der Waals surface area contributed by atoms with Crippen LogP contribution in [-0.2, 0) is 18.3 Å². The van der Waals surface area contributed by atoms with Gasteiger partial charge in [0.05, 0.1) is 18.8 Å². The van der Waals surface area contributed by atoms with Crippen LogP contribution in [0.3, 0.4) is 0 Å². The summed E-state index contributed by atoms with van der Waals surface area (Å²) in [5.41, 5.74) is -2.15. The first-order valence-electron chi connectivity index (χ1n) is 17.0. The molecule has 0 aromatic rings. The van der Waals surface area contributed by atoms with E-state index < -0.39 is 52.3 Å². The van der Waals surface area contributed by atoms with Crippen LogP contribution < -0.4 is 0 Å². The zero-order valence-corrected chi connectivity index (χ0v) is 31.5. The third-order valence-corrected chi connectivity index (χ3v) is 24.1. The second-order valence-corrected chi connectivity index (χ2v) is 28.3. The molecule has 250 valence electrons. The molecule has 1 aliphatic heterocycles. The lowest BCUT2D eigenvalue weighted by molar-refractivity contribution is -0.409. The van der Waals surface area contributed by atoms with Crippen molar-refractivity contribution in [1.29, 1.82) is 0 Å². The van der Waals surface area contributed by atoms with Crippen molar-refractivity contribution in [1.82, 2.24) is 0 Å². The van der Waals surface area contributed by atoms with Crippen LogP contribution in [0.25, 0.3) is 0 Å². The summed E-state index contributed by atoms with van der Waals surface area (Å²) in [5, 5.41) is 36.5. The van der Waals surface area contributed by atoms with Gasteiger partial charge >= 0.3 is 0 Å². The smallest absolute Gasteiger partial charge is 0.192 e. The fourth-order valence-electron chi connectivity index (χ4n) is 10.2. The van der Waals surface area contributed by atoms with Crippen LogP contribution in [0.4, 0.5) is 0 Å². The zero-order chi connectivity index (χ0) is 32.4. The van der Waals surface area contributed by atoms with E-state index in [0.29, 0.717) is 25.4 Å². The third kappa shape index (κ3) is 4.71. The maximum atomic E-state index is 13.1. The Labute approximate surface area is 264 Å². The third-order valence-electron chi connectivity index (χ3n) is 15.1. The molecule has 4 aliphatic carbocycles. The largest absolute Gasteiger partial charge is 0.414 e. The molecule has 0 amide bonds. The van der Waals surface area contributed by atoms with Gasteiger partial charge in [-0.25, -0.2) is 0 Å². The molecule has 5 aliphatic rings. The summed E-state index contributed by atoms with van der Waals surface area (Å²) in [6, 6.07) is 0. The van der Waals surface area contributed by atoms with Gasteiger partial charge in [-0.05, 0) is 98.0 Å². The molecule has 1 saturated heterocycles. The van der Waals surface area contributed by atoms with Crippen LogP contribution in [0.2, 0.25) is 36.3 Å². The Balaban J connectivity index is 1.56. The van der Waals surface area contributed by atoms with Crippen molar-refractivity contribution in [3.05, 3.63) is 0 Å². The normalized spacial score (nSPS) is 47.3. The first kappa shape index (κ1) is 34.5. The lowest BCUT2D eigenvalue weighted by Crippen LogP contribution is -2.76. The Morgan fingerprint density at radius 2 is 1.47 bits per heavy atom. The van der Waals surface area contributed by atoms with Gasteiger partial charge in [0, 0.05) is 23.9 Å². The summed E-state index contributed by atoms with van der Waals surface area (Å²) in [5.74, 6) is 0.207. The predicted octanol–water partition coefficient (Wildman–Crippen LogP) is 6.67. The lowest BCUT2D eigenvalue weighted by Gasteiger charge is -2.68. The quantitative estimate of drug-likeness (QED) is 0.268. The monoisotopic (exact) mass is 640 g/mol. The standard InChI is InChI=1S/C34H64O7Si2/c1-29(2,3)42(10,11)39-20-24(41-43(12,13)30(4,5)6)26-27(35)40-28(36)34(37)23-18-25(38-9)33-19-21(33)14-16-31(33,7)22(23)15-17-32(26,34)8/h21-28,35-37H,14-20H2,1-13H3/t21-,22+,23-,24-,25-,26-,27?,28?,31-,32-,33+,34-/m1/s1. The summed E-state index contributed by atoms with van der Waals surface area (Å²) in [4.78, 5) is 0. The number of fused-ring (bicyclic) bond motifs is 4. The Morgan fingerprint density at radius 1 is 0.884 bits per heavy atom. The molecule has 9 heteroatoms. The van der Waals surface area contributed by atoms with Gasteiger partial charge in [0.15, 0.2) is 29.2 Å². The number of hydrogen-bond donors (Lipinski definition) is 3. The van der Waals surface area contributed by atoms with E-state index in [2.05, 4.69) is 81.6 Å². The molecular weight excluding hydrogens is 577 g/mol. The number of ether oxygens (including phenoxy) is 2. The highest BCUT2D eigenvalue weighted by molar-refractivity contribution is 6.74. The molecule has 5 rings (SSSR count). The van der Waals surface area contributed by atoms with E-state index in [1.165, 1.54) is 12.8 Å². The lowest BCUT2D eigenvalue weighted by atomic mass is 9.41. The van der Waals surface area contributed by atoms with Gasteiger partial charge in [0.25, 0.3) is 0 Å². The minimum atomic E-state index is -2.34. The first-order valence-corrected chi connectivity index (χ1v) is 22.8. The van der Waals surface area contributed by atoms with E-state index in [4.69, 9.17) is 18.3 Å². The fourth-order valence-corrected chi connectivity index (χ4v) is 12.6. The Hall–Kier alpha value is 0.154. The van der Waals surface area contributed by atoms with Crippen LogP contribution in [0.5, 0.6) is 0 Å². The second-order valence-electron chi connectivity index (χ2n) is 18.7. The summed E-state index contributed by atoms with van der Waals surface area (Å²) in [6.07, 6.45) is 2.73. The van der Waals surface area contributed by atoms with Crippen LogP contribution in [0.15, 0.2) is 0 Å². The van der Waals surface area contributed by atoms with E-state index in [1.807, 2.05) is 7.11 Å². The van der Waals surface area contributed by atoms with Gasteiger partial charge in [-0.3, -0.25) is 0 Å². The van der Waals surface area contributed by atoms with Gasteiger partial charge in [-0.1, -0.05) is 55.4 Å². The van der Waals surface area contributed by atoms with Crippen molar-refractivity contribution in [3.63, 3.8) is 0 Å². The van der Waals surface area contributed by atoms with E-state index in [9.17, 15) is 15.3 Å². The van der Waals surface area contributed by atoms with Crippen molar-refractivity contribution < 1.29 is 33.6 Å². The highest BCUT2D eigenvalue weighted by Crippen LogP contribution is 2.82. The van der Waals surface area contributed by atoms with Gasteiger partial charge in [0.1, 0.15) is 5.60 Å². The molecule has 0 radical (unpaired) electrons. The first-order chi connectivity index (χ1) is 19.4. The minimum Gasteiger partial charge on any atom is -0.414 e. The molecule has 0 aromatic carbocycles. The number of hydrogen-bond acceptors (Lipinski definition) is 7. The summed E-state index contributed by atoms with van der Waals surface area (Å²) in [7, 11) is -2.67. The molecular formula is C34H64O7Si2.